The van der Waals surface area contributed by atoms with Gasteiger partial charge >= 0.3 is 0 Å². The molecule has 0 radical (unpaired) electrons. The molecule has 0 fully saturated rings. The molecular formula is C31H53N3O10S. The van der Waals surface area contributed by atoms with Crippen LogP contribution in [-0.4, -0.2) is 148 Å². The van der Waals surface area contributed by atoms with E-state index in [0.29, 0.717) is 145 Å². The van der Waals surface area contributed by atoms with Crippen LogP contribution in [0.15, 0.2) is 17.6 Å². The summed E-state index contributed by atoms with van der Waals surface area (Å²) in [7, 11) is 0. The highest BCUT2D eigenvalue weighted by Crippen LogP contribution is 2.06. The lowest BCUT2D eigenvalue weighted by Gasteiger charge is -2.09. The van der Waals surface area contributed by atoms with E-state index in [2.05, 4.69) is 27.1 Å². The van der Waals surface area contributed by atoms with Gasteiger partial charge in [-0.1, -0.05) is 23.6 Å². The second-order valence-electron chi connectivity index (χ2n) is 9.06. The zero-order chi connectivity index (χ0) is 32.3. The van der Waals surface area contributed by atoms with Crippen LogP contribution >= 0.6 is 11.8 Å². The van der Waals surface area contributed by atoms with Crippen molar-refractivity contribution in [3.05, 3.63) is 18.0 Å². The van der Waals surface area contributed by atoms with Gasteiger partial charge in [0.25, 0.3) is 0 Å². The Morgan fingerprint density at radius 2 is 1.07 bits per heavy atom. The van der Waals surface area contributed by atoms with Gasteiger partial charge in [-0.2, -0.15) is 0 Å². The molecule has 0 spiro atoms. The van der Waals surface area contributed by atoms with Crippen LogP contribution in [0.4, 0.5) is 0 Å². The number of aromatic nitrogens is 2. The number of unbranched alkanes of at least 4 members (excludes halogenated alkanes) is 1. The number of nitrogens with one attached hydrogen (secondary N) is 1. The molecule has 0 aromatic carbocycles. The van der Waals surface area contributed by atoms with Gasteiger partial charge in [0, 0.05) is 38.4 Å². The molecule has 0 aliphatic rings. The van der Waals surface area contributed by atoms with E-state index in [1.807, 2.05) is 13.2 Å². The molecule has 1 aromatic rings. The molecule has 45 heavy (non-hydrogen) atoms. The normalized spacial score (nSPS) is 11.0. The Hall–Kier alpha value is -1.90. The number of rotatable bonds is 32. The highest BCUT2D eigenvalue weighted by Gasteiger charge is 2.00. The summed E-state index contributed by atoms with van der Waals surface area (Å²) in [6.07, 6.45) is 7.10. The molecule has 1 heterocycles. The first-order valence-corrected chi connectivity index (χ1v) is 16.8. The van der Waals surface area contributed by atoms with Crippen molar-refractivity contribution in [2.24, 2.45) is 0 Å². The highest BCUT2D eigenvalue weighted by molar-refractivity contribution is 7.98. The molecule has 1 aromatic heterocycles. The van der Waals surface area contributed by atoms with Crippen molar-refractivity contribution in [3.63, 3.8) is 0 Å². The number of hydrogen-bond donors (Lipinski definition) is 1. The first-order valence-electron chi connectivity index (χ1n) is 15.6. The second kappa shape index (κ2) is 33.5. The van der Waals surface area contributed by atoms with Crippen molar-refractivity contribution in [2.45, 2.75) is 31.3 Å². The Kier molecular flexibility index (Phi) is 30.6. The van der Waals surface area contributed by atoms with Gasteiger partial charge in [0.2, 0.25) is 5.91 Å². The minimum atomic E-state index is -0.00692. The van der Waals surface area contributed by atoms with Gasteiger partial charge in [-0.25, -0.2) is 9.97 Å². The Labute approximate surface area is 273 Å². The van der Waals surface area contributed by atoms with Crippen molar-refractivity contribution in [3.8, 4) is 11.8 Å². The minimum Gasteiger partial charge on any atom is -0.379 e. The maximum Gasteiger partial charge on any atom is 0.220 e. The smallest absolute Gasteiger partial charge is 0.220 e. The van der Waals surface area contributed by atoms with Crippen molar-refractivity contribution >= 4 is 17.7 Å². The predicted octanol–water partition coefficient (Wildman–Crippen LogP) is 2.01. The fourth-order valence-corrected chi connectivity index (χ4v) is 3.56. The number of carbonyl (C=O) groups is 1. The average molecular weight is 660 g/mol. The summed E-state index contributed by atoms with van der Waals surface area (Å²) in [6, 6.07) is 0. The standard InChI is InChI=1S/C31H53N3O10S/c1-3-36-11-12-38-15-16-40-19-20-42-23-24-44-26-25-43-22-21-41-18-17-39-14-13-37-10-9-32-30(35)8-6-4-5-7-29-27-33-31(45-2)34-28-29/h27-28H,3-4,6,8-26H2,1-2H3,(H,32,35). The average Bonchev–Trinajstić information content (AvgIpc) is 3.06. The summed E-state index contributed by atoms with van der Waals surface area (Å²) in [5.74, 6) is 6.05. The third-order valence-electron chi connectivity index (χ3n) is 5.50. The molecular weight excluding hydrogens is 606 g/mol. The Morgan fingerprint density at radius 1 is 0.667 bits per heavy atom. The van der Waals surface area contributed by atoms with Gasteiger partial charge in [-0.3, -0.25) is 4.79 Å². The number of ether oxygens (including phenoxy) is 9. The van der Waals surface area contributed by atoms with Crippen LogP contribution in [0.3, 0.4) is 0 Å². The molecule has 0 saturated carbocycles. The Morgan fingerprint density at radius 3 is 1.47 bits per heavy atom. The molecule has 13 nitrogen and oxygen atoms in total. The lowest BCUT2D eigenvalue weighted by molar-refractivity contribution is -0.121. The molecule has 258 valence electrons. The molecule has 0 unspecified atom stereocenters. The van der Waals surface area contributed by atoms with Gasteiger partial charge in [-0.05, 0) is 19.6 Å². The van der Waals surface area contributed by atoms with Gasteiger partial charge in [0.05, 0.1) is 118 Å². The molecule has 0 bridgehead atoms. The topological polar surface area (TPSA) is 138 Å². The molecule has 0 aliphatic carbocycles. The SMILES string of the molecule is CCOCCOCCOCCOCCOCCOCCOCCOCCOCCNC(=O)CCCC#Cc1cnc(SC)nc1. The van der Waals surface area contributed by atoms with E-state index >= 15 is 0 Å². The van der Waals surface area contributed by atoms with E-state index in [9.17, 15) is 4.79 Å². The zero-order valence-electron chi connectivity index (χ0n) is 27.1. The lowest BCUT2D eigenvalue weighted by Crippen LogP contribution is -2.27. The summed E-state index contributed by atoms with van der Waals surface area (Å²) in [4.78, 5) is 20.2. The maximum absolute atomic E-state index is 11.9. The van der Waals surface area contributed by atoms with Crippen LogP contribution in [0.1, 0.15) is 31.7 Å². The summed E-state index contributed by atoms with van der Waals surface area (Å²) in [5, 5.41) is 3.56. The third kappa shape index (κ3) is 29.3. The van der Waals surface area contributed by atoms with Crippen LogP contribution in [0.25, 0.3) is 0 Å². The van der Waals surface area contributed by atoms with E-state index < -0.39 is 0 Å². The van der Waals surface area contributed by atoms with Gasteiger partial charge in [0.1, 0.15) is 0 Å². The first-order chi connectivity index (χ1) is 22.3. The largest absolute Gasteiger partial charge is 0.379 e. The van der Waals surface area contributed by atoms with E-state index in [0.717, 1.165) is 10.7 Å². The van der Waals surface area contributed by atoms with Crippen molar-refractivity contribution in [1.82, 2.24) is 15.3 Å². The van der Waals surface area contributed by atoms with Crippen LogP contribution in [0.5, 0.6) is 0 Å². The van der Waals surface area contributed by atoms with Crippen molar-refractivity contribution in [1.29, 1.82) is 0 Å². The van der Waals surface area contributed by atoms with Gasteiger partial charge in [-0.15, -0.1) is 0 Å². The zero-order valence-corrected chi connectivity index (χ0v) is 27.9. The van der Waals surface area contributed by atoms with Crippen LogP contribution in [-0.2, 0) is 47.4 Å². The molecule has 14 heteroatoms. The molecule has 0 atom stereocenters. The van der Waals surface area contributed by atoms with E-state index in [-0.39, 0.29) is 5.91 Å². The number of nitrogens with zero attached hydrogens (tertiary/aromatic N) is 2. The highest BCUT2D eigenvalue weighted by atomic mass is 32.2. The molecule has 1 rings (SSSR count). The quantitative estimate of drug-likeness (QED) is 0.0523. The number of amides is 1. The molecule has 0 saturated heterocycles. The fraction of sp³-hybridized carbons (Fsp3) is 0.774. The van der Waals surface area contributed by atoms with Crippen LogP contribution < -0.4 is 5.32 Å². The van der Waals surface area contributed by atoms with Crippen molar-refractivity contribution < 1.29 is 47.4 Å². The van der Waals surface area contributed by atoms with Crippen molar-refractivity contribution in [2.75, 3.05) is 132 Å². The molecule has 0 aliphatic heterocycles. The maximum atomic E-state index is 11.9. The number of hydrogen-bond acceptors (Lipinski definition) is 13. The molecule has 1 N–H and O–H groups in total. The second-order valence-corrected chi connectivity index (χ2v) is 9.83. The third-order valence-corrected chi connectivity index (χ3v) is 6.07. The van der Waals surface area contributed by atoms with Crippen LogP contribution in [0, 0.1) is 11.8 Å². The van der Waals surface area contributed by atoms with E-state index in [4.69, 9.17) is 42.6 Å². The minimum absolute atomic E-state index is 0.00692. The van der Waals surface area contributed by atoms with Gasteiger partial charge < -0.3 is 47.9 Å². The monoisotopic (exact) mass is 659 g/mol. The summed E-state index contributed by atoms with van der Waals surface area (Å²) >= 11 is 1.49. The predicted molar refractivity (Wildman–Crippen MR) is 171 cm³/mol. The Bertz CT molecular complexity index is 858. The van der Waals surface area contributed by atoms with E-state index in [1.54, 1.807) is 12.4 Å². The lowest BCUT2D eigenvalue weighted by atomic mass is 10.2. The van der Waals surface area contributed by atoms with Crippen LogP contribution in [0.2, 0.25) is 0 Å². The Balaban J connectivity index is 1.71. The molecule has 1 amide bonds. The van der Waals surface area contributed by atoms with Gasteiger partial charge in [0.15, 0.2) is 5.16 Å². The first kappa shape index (κ1) is 41.1. The fourth-order valence-electron chi connectivity index (χ4n) is 3.24. The van der Waals surface area contributed by atoms with E-state index in [1.165, 1.54) is 11.8 Å². The summed E-state index contributed by atoms with van der Waals surface area (Å²) in [5.41, 5.74) is 0.776. The summed E-state index contributed by atoms with van der Waals surface area (Å²) in [6.45, 7) is 11.9. The summed E-state index contributed by atoms with van der Waals surface area (Å²) < 4.78 is 48.8. The number of carbonyl (C=O) groups excluding carboxylic acids is 1. The number of thioether (sulfide) groups is 1.